The lowest BCUT2D eigenvalue weighted by Crippen LogP contribution is -2.41. The van der Waals surface area contributed by atoms with Gasteiger partial charge in [0.05, 0.1) is 6.42 Å². The highest BCUT2D eigenvalue weighted by Gasteiger charge is 2.50. The number of rotatable bonds is 1. The second kappa shape index (κ2) is 4.27. The third-order valence-corrected chi connectivity index (χ3v) is 4.87. The molecular formula is C14H25NO2. The van der Waals surface area contributed by atoms with E-state index in [2.05, 4.69) is 20.8 Å². The molecule has 1 saturated heterocycles. The molecule has 1 atom stereocenters. The van der Waals surface area contributed by atoms with Gasteiger partial charge in [0.25, 0.3) is 0 Å². The van der Waals surface area contributed by atoms with E-state index in [1.165, 1.54) is 12.8 Å². The van der Waals surface area contributed by atoms with E-state index in [1.54, 1.807) is 0 Å². The summed E-state index contributed by atoms with van der Waals surface area (Å²) in [5.41, 5.74) is 6.19. The van der Waals surface area contributed by atoms with Crippen LogP contribution in [0.3, 0.4) is 0 Å². The van der Waals surface area contributed by atoms with Gasteiger partial charge in [-0.3, -0.25) is 4.79 Å². The molecule has 1 aliphatic carbocycles. The third-order valence-electron chi connectivity index (χ3n) is 4.87. The minimum Gasteiger partial charge on any atom is -0.460 e. The summed E-state index contributed by atoms with van der Waals surface area (Å²) in [6.07, 6.45) is 5.17. The van der Waals surface area contributed by atoms with Crippen LogP contribution in [0.25, 0.3) is 0 Å². The van der Waals surface area contributed by atoms with Crippen molar-refractivity contribution in [2.45, 2.75) is 59.0 Å². The fourth-order valence-electron chi connectivity index (χ4n) is 3.58. The Hall–Kier alpha value is -0.570. The summed E-state index contributed by atoms with van der Waals surface area (Å²) in [5, 5.41) is 0. The quantitative estimate of drug-likeness (QED) is 0.715. The first-order chi connectivity index (χ1) is 7.87. The zero-order valence-corrected chi connectivity index (χ0v) is 11.3. The molecule has 0 aromatic carbocycles. The molecular weight excluding hydrogens is 214 g/mol. The van der Waals surface area contributed by atoms with Crippen LogP contribution in [0.4, 0.5) is 0 Å². The molecule has 3 heteroatoms. The van der Waals surface area contributed by atoms with Gasteiger partial charge >= 0.3 is 5.97 Å². The largest absolute Gasteiger partial charge is 0.460 e. The molecule has 1 saturated carbocycles. The normalized spacial score (nSPS) is 38.5. The standard InChI is InChI=1S/C14H25NO2/c1-13(2,3)10-4-6-14(7-5-10)8-12(16)17-11(14)9-15/h10-11H,4-9,15H2,1-3H3. The van der Waals surface area contributed by atoms with E-state index in [0.717, 1.165) is 18.8 Å². The molecule has 0 amide bonds. The molecule has 0 radical (unpaired) electrons. The summed E-state index contributed by atoms with van der Waals surface area (Å²) >= 11 is 0. The average molecular weight is 239 g/mol. The van der Waals surface area contributed by atoms with Crippen LogP contribution in [0.2, 0.25) is 0 Å². The highest BCUT2D eigenvalue weighted by atomic mass is 16.6. The van der Waals surface area contributed by atoms with Gasteiger partial charge in [-0.15, -0.1) is 0 Å². The molecule has 98 valence electrons. The van der Waals surface area contributed by atoms with Crippen LogP contribution in [-0.4, -0.2) is 18.6 Å². The average Bonchev–Trinajstić information content (AvgIpc) is 2.54. The minimum atomic E-state index is -0.0466. The van der Waals surface area contributed by atoms with Crippen molar-refractivity contribution in [2.75, 3.05) is 6.54 Å². The molecule has 2 fully saturated rings. The van der Waals surface area contributed by atoms with Crippen LogP contribution in [-0.2, 0) is 9.53 Å². The van der Waals surface area contributed by atoms with Gasteiger partial charge in [-0.25, -0.2) is 0 Å². The number of hydrogen-bond donors (Lipinski definition) is 1. The Labute approximate surface area is 104 Å². The fraction of sp³-hybridized carbons (Fsp3) is 0.929. The van der Waals surface area contributed by atoms with Gasteiger partial charge in [-0.2, -0.15) is 0 Å². The number of cyclic esters (lactones) is 1. The van der Waals surface area contributed by atoms with E-state index in [0.29, 0.717) is 18.4 Å². The summed E-state index contributed by atoms with van der Waals surface area (Å²) in [7, 11) is 0. The fourth-order valence-corrected chi connectivity index (χ4v) is 3.58. The van der Waals surface area contributed by atoms with Gasteiger partial charge in [-0.05, 0) is 37.0 Å². The van der Waals surface area contributed by atoms with E-state index >= 15 is 0 Å². The van der Waals surface area contributed by atoms with Crippen LogP contribution in [0, 0.1) is 16.7 Å². The van der Waals surface area contributed by atoms with Crippen LogP contribution >= 0.6 is 0 Å². The van der Waals surface area contributed by atoms with Gasteiger partial charge in [0, 0.05) is 12.0 Å². The summed E-state index contributed by atoms with van der Waals surface area (Å²) in [4.78, 5) is 11.5. The van der Waals surface area contributed by atoms with Gasteiger partial charge in [0.1, 0.15) is 6.10 Å². The second-order valence-electron chi connectivity index (χ2n) is 6.89. The van der Waals surface area contributed by atoms with Crippen molar-refractivity contribution in [1.82, 2.24) is 0 Å². The van der Waals surface area contributed by atoms with Crippen molar-refractivity contribution in [2.24, 2.45) is 22.5 Å². The highest BCUT2D eigenvalue weighted by molar-refractivity contribution is 5.73. The zero-order valence-electron chi connectivity index (χ0n) is 11.3. The van der Waals surface area contributed by atoms with Gasteiger partial charge in [0.2, 0.25) is 0 Å². The summed E-state index contributed by atoms with van der Waals surface area (Å²) in [5.74, 6) is 0.719. The maximum Gasteiger partial charge on any atom is 0.306 e. The Bertz CT molecular complexity index is 298. The maximum atomic E-state index is 11.5. The van der Waals surface area contributed by atoms with E-state index in [1.807, 2.05) is 0 Å². The number of ether oxygens (including phenoxy) is 1. The molecule has 1 heterocycles. The number of hydrogen-bond acceptors (Lipinski definition) is 3. The highest BCUT2D eigenvalue weighted by Crippen LogP contribution is 2.51. The van der Waals surface area contributed by atoms with E-state index in [-0.39, 0.29) is 17.5 Å². The van der Waals surface area contributed by atoms with Crippen molar-refractivity contribution >= 4 is 5.97 Å². The molecule has 2 N–H and O–H groups in total. The Morgan fingerprint density at radius 2 is 1.94 bits per heavy atom. The molecule has 0 aromatic heterocycles. The van der Waals surface area contributed by atoms with Crippen molar-refractivity contribution in [3.05, 3.63) is 0 Å². The molecule has 1 spiro atoms. The Morgan fingerprint density at radius 3 is 2.41 bits per heavy atom. The Balaban J connectivity index is 2.04. The maximum absolute atomic E-state index is 11.5. The molecule has 1 aliphatic heterocycles. The van der Waals surface area contributed by atoms with Gasteiger partial charge < -0.3 is 10.5 Å². The monoisotopic (exact) mass is 239 g/mol. The summed E-state index contributed by atoms with van der Waals surface area (Å²) in [6, 6.07) is 0. The Kier molecular flexibility index (Phi) is 3.23. The first kappa shape index (κ1) is 12.9. The number of carbonyl (C=O) groups excluding carboxylic acids is 1. The van der Waals surface area contributed by atoms with Crippen molar-refractivity contribution in [3.8, 4) is 0 Å². The lowest BCUT2D eigenvalue weighted by atomic mass is 9.62. The first-order valence-corrected chi connectivity index (χ1v) is 6.77. The van der Waals surface area contributed by atoms with Crippen molar-refractivity contribution < 1.29 is 9.53 Å². The van der Waals surface area contributed by atoms with Gasteiger partial charge in [0.15, 0.2) is 0 Å². The summed E-state index contributed by atoms with van der Waals surface area (Å²) < 4.78 is 5.36. The lowest BCUT2D eigenvalue weighted by Gasteiger charge is -2.43. The molecule has 0 aromatic rings. The van der Waals surface area contributed by atoms with Crippen molar-refractivity contribution in [1.29, 1.82) is 0 Å². The summed E-state index contributed by atoms with van der Waals surface area (Å²) in [6.45, 7) is 7.41. The predicted molar refractivity (Wildman–Crippen MR) is 67.4 cm³/mol. The van der Waals surface area contributed by atoms with Crippen molar-refractivity contribution in [3.63, 3.8) is 0 Å². The number of carbonyl (C=O) groups is 1. The van der Waals surface area contributed by atoms with Crippen LogP contribution < -0.4 is 5.73 Å². The number of nitrogens with two attached hydrogens (primary N) is 1. The topological polar surface area (TPSA) is 52.3 Å². The van der Waals surface area contributed by atoms with Gasteiger partial charge in [-0.1, -0.05) is 20.8 Å². The van der Waals surface area contributed by atoms with E-state index in [4.69, 9.17) is 10.5 Å². The zero-order chi connectivity index (χ0) is 12.7. The SMILES string of the molecule is CC(C)(C)C1CCC2(CC1)CC(=O)OC2CN. The number of esters is 1. The molecule has 1 unspecified atom stereocenters. The minimum absolute atomic E-state index is 0.0316. The first-order valence-electron chi connectivity index (χ1n) is 6.77. The molecule has 3 nitrogen and oxygen atoms in total. The van der Waals surface area contributed by atoms with Crippen LogP contribution in [0.15, 0.2) is 0 Å². The molecule has 17 heavy (non-hydrogen) atoms. The predicted octanol–water partition coefficient (Wildman–Crippen LogP) is 2.48. The molecule has 0 bridgehead atoms. The Morgan fingerprint density at radius 1 is 1.35 bits per heavy atom. The van der Waals surface area contributed by atoms with Crippen LogP contribution in [0.5, 0.6) is 0 Å². The molecule has 2 rings (SSSR count). The smallest absolute Gasteiger partial charge is 0.306 e. The van der Waals surface area contributed by atoms with E-state index in [9.17, 15) is 4.79 Å². The third kappa shape index (κ3) is 2.35. The second-order valence-corrected chi connectivity index (χ2v) is 6.89. The lowest BCUT2D eigenvalue weighted by molar-refractivity contribution is -0.141. The molecule has 2 aliphatic rings. The van der Waals surface area contributed by atoms with Crippen LogP contribution in [0.1, 0.15) is 52.9 Å². The van der Waals surface area contributed by atoms with E-state index < -0.39 is 0 Å².